The Bertz CT molecular complexity index is 749. The Morgan fingerprint density at radius 3 is 2.33 bits per heavy atom. The average molecular weight is 377 g/mol. The van der Waals surface area contributed by atoms with Crippen molar-refractivity contribution in [3.8, 4) is 11.5 Å². The quantitative estimate of drug-likeness (QED) is 0.498. The number of amides is 5. The Labute approximate surface area is 157 Å². The molecule has 0 radical (unpaired) electrons. The molecular weight excluding hydrogens is 354 g/mol. The molecule has 1 aromatic carbocycles. The van der Waals surface area contributed by atoms with Crippen LogP contribution in [0.1, 0.15) is 18.9 Å². The molecule has 1 aliphatic rings. The smallest absolute Gasteiger partial charge is 0.334 e. The molecular formula is C18H23N3O6. The third-order valence-electron chi connectivity index (χ3n) is 4.07. The summed E-state index contributed by atoms with van der Waals surface area (Å²) in [6, 6.07) is 4.68. The van der Waals surface area contributed by atoms with Crippen molar-refractivity contribution in [2.75, 3.05) is 33.9 Å². The predicted molar refractivity (Wildman–Crippen MR) is 95.4 cm³/mol. The Kier molecular flexibility index (Phi) is 6.75. The number of carbonyl (C=O) groups excluding carboxylic acids is 4. The highest BCUT2D eigenvalue weighted by molar-refractivity contribution is 6.45. The fourth-order valence-electron chi connectivity index (χ4n) is 2.69. The lowest BCUT2D eigenvalue weighted by Crippen LogP contribution is -2.42. The van der Waals surface area contributed by atoms with Gasteiger partial charge in [-0.25, -0.2) is 9.69 Å². The molecule has 0 atom stereocenters. The zero-order chi connectivity index (χ0) is 20.0. The van der Waals surface area contributed by atoms with Crippen LogP contribution in [0.15, 0.2) is 18.2 Å². The number of urea groups is 1. The van der Waals surface area contributed by atoms with E-state index in [-0.39, 0.29) is 6.54 Å². The summed E-state index contributed by atoms with van der Waals surface area (Å²) < 4.78 is 10.4. The number of nitrogens with one attached hydrogen (secondary N) is 1. The highest BCUT2D eigenvalue weighted by Crippen LogP contribution is 2.27. The summed E-state index contributed by atoms with van der Waals surface area (Å²) in [5.74, 6) is -1.17. The molecule has 9 heteroatoms. The number of hydrogen-bond donors (Lipinski definition) is 1. The molecule has 0 aliphatic carbocycles. The van der Waals surface area contributed by atoms with E-state index >= 15 is 0 Å². The van der Waals surface area contributed by atoms with Crippen molar-refractivity contribution in [3.05, 3.63) is 23.8 Å². The van der Waals surface area contributed by atoms with Gasteiger partial charge in [0.15, 0.2) is 11.5 Å². The molecule has 2 rings (SSSR count). The number of methoxy groups -OCH3 is 2. The van der Waals surface area contributed by atoms with Gasteiger partial charge in [0.2, 0.25) is 5.91 Å². The summed E-state index contributed by atoms with van der Waals surface area (Å²) in [5, 5.41) is 2.64. The first kappa shape index (κ1) is 20.2. The summed E-state index contributed by atoms with van der Waals surface area (Å²) in [6.07, 6.45) is 1.06. The lowest BCUT2D eigenvalue weighted by atomic mass is 10.1. The van der Waals surface area contributed by atoms with Crippen LogP contribution < -0.4 is 14.8 Å². The van der Waals surface area contributed by atoms with Crippen LogP contribution in [-0.2, 0) is 20.8 Å². The van der Waals surface area contributed by atoms with Gasteiger partial charge in [-0.3, -0.25) is 19.3 Å². The predicted octanol–water partition coefficient (Wildman–Crippen LogP) is 0.563. The molecule has 5 amide bonds. The fourth-order valence-corrected chi connectivity index (χ4v) is 2.69. The highest BCUT2D eigenvalue weighted by Gasteiger charge is 2.44. The summed E-state index contributed by atoms with van der Waals surface area (Å²) in [7, 11) is 3.08. The number of rotatable bonds is 9. The molecule has 1 aromatic rings. The van der Waals surface area contributed by atoms with Gasteiger partial charge >= 0.3 is 17.8 Å². The van der Waals surface area contributed by atoms with Gasteiger partial charge in [0.1, 0.15) is 6.54 Å². The average Bonchev–Trinajstić information content (AvgIpc) is 2.86. The first-order valence-electron chi connectivity index (χ1n) is 8.57. The van der Waals surface area contributed by atoms with E-state index in [1.807, 2.05) is 6.07 Å². The van der Waals surface area contributed by atoms with Gasteiger partial charge in [-0.05, 0) is 30.5 Å². The van der Waals surface area contributed by atoms with Crippen LogP contribution in [0.4, 0.5) is 4.79 Å². The summed E-state index contributed by atoms with van der Waals surface area (Å²) in [5.41, 5.74) is 0.922. The maximum absolute atomic E-state index is 12.1. The topological polar surface area (TPSA) is 105 Å². The van der Waals surface area contributed by atoms with Crippen molar-refractivity contribution in [1.82, 2.24) is 15.1 Å². The van der Waals surface area contributed by atoms with Crippen molar-refractivity contribution in [2.24, 2.45) is 0 Å². The Balaban J connectivity index is 1.87. The van der Waals surface area contributed by atoms with E-state index in [0.717, 1.165) is 10.5 Å². The van der Waals surface area contributed by atoms with E-state index in [4.69, 9.17) is 9.47 Å². The van der Waals surface area contributed by atoms with Crippen LogP contribution in [0.2, 0.25) is 0 Å². The van der Waals surface area contributed by atoms with Gasteiger partial charge in [0.25, 0.3) is 0 Å². The zero-order valence-electron chi connectivity index (χ0n) is 15.6. The van der Waals surface area contributed by atoms with Crippen LogP contribution in [0, 0.1) is 0 Å². The second-order valence-electron chi connectivity index (χ2n) is 5.92. The van der Waals surface area contributed by atoms with Gasteiger partial charge in [0, 0.05) is 13.1 Å². The van der Waals surface area contributed by atoms with Crippen LogP contribution in [0.5, 0.6) is 11.5 Å². The molecule has 146 valence electrons. The minimum absolute atomic E-state index is 0.154. The number of nitrogens with zero attached hydrogens (tertiary/aromatic N) is 2. The number of ether oxygens (including phenoxy) is 2. The normalized spacial score (nSPS) is 14.0. The minimum Gasteiger partial charge on any atom is -0.493 e. The van der Waals surface area contributed by atoms with E-state index in [1.165, 1.54) is 7.11 Å². The maximum Gasteiger partial charge on any atom is 0.334 e. The van der Waals surface area contributed by atoms with Gasteiger partial charge < -0.3 is 14.8 Å². The van der Waals surface area contributed by atoms with Crippen molar-refractivity contribution < 1.29 is 28.7 Å². The maximum atomic E-state index is 12.1. The van der Waals surface area contributed by atoms with Gasteiger partial charge in [-0.15, -0.1) is 0 Å². The summed E-state index contributed by atoms with van der Waals surface area (Å²) in [6.45, 7) is 1.77. The largest absolute Gasteiger partial charge is 0.493 e. The first-order valence-corrected chi connectivity index (χ1v) is 8.57. The van der Waals surface area contributed by atoms with Crippen LogP contribution in [-0.4, -0.2) is 67.4 Å². The molecule has 0 bridgehead atoms. The molecule has 1 heterocycles. The second kappa shape index (κ2) is 9.02. The van der Waals surface area contributed by atoms with E-state index < -0.39 is 30.3 Å². The molecule has 0 unspecified atom stereocenters. The van der Waals surface area contributed by atoms with Crippen LogP contribution >= 0.6 is 0 Å². The van der Waals surface area contributed by atoms with E-state index in [9.17, 15) is 19.2 Å². The third kappa shape index (κ3) is 4.55. The molecule has 0 aromatic heterocycles. The number of benzene rings is 1. The molecule has 1 aliphatic heterocycles. The number of imide groups is 2. The summed E-state index contributed by atoms with van der Waals surface area (Å²) >= 11 is 0. The van der Waals surface area contributed by atoms with E-state index in [1.54, 1.807) is 26.2 Å². The Hall–Kier alpha value is -3.10. The Morgan fingerprint density at radius 2 is 1.70 bits per heavy atom. The van der Waals surface area contributed by atoms with Crippen molar-refractivity contribution >= 4 is 23.8 Å². The van der Waals surface area contributed by atoms with E-state index in [0.29, 0.717) is 35.8 Å². The molecule has 0 spiro atoms. The monoisotopic (exact) mass is 377 g/mol. The van der Waals surface area contributed by atoms with Crippen LogP contribution in [0.25, 0.3) is 0 Å². The van der Waals surface area contributed by atoms with Crippen LogP contribution in [0.3, 0.4) is 0 Å². The molecule has 1 N–H and O–H groups in total. The first-order chi connectivity index (χ1) is 12.9. The molecule has 27 heavy (non-hydrogen) atoms. The zero-order valence-corrected chi connectivity index (χ0v) is 15.6. The SMILES string of the molecule is CCCN1C(=O)C(=O)N(CC(=O)NCCc2ccc(OC)c(OC)c2)C1=O. The standard InChI is InChI=1S/C18H23N3O6/c1-4-9-20-16(23)17(24)21(18(20)25)11-15(22)19-8-7-12-5-6-13(26-2)14(10-12)27-3/h5-6,10H,4,7-9,11H2,1-3H3,(H,19,22). The van der Waals surface area contributed by atoms with Gasteiger partial charge in [0.05, 0.1) is 14.2 Å². The van der Waals surface area contributed by atoms with Gasteiger partial charge in [-0.1, -0.05) is 13.0 Å². The molecule has 1 saturated heterocycles. The third-order valence-corrected chi connectivity index (χ3v) is 4.07. The molecule has 1 fully saturated rings. The van der Waals surface area contributed by atoms with Crippen molar-refractivity contribution in [1.29, 1.82) is 0 Å². The fraction of sp³-hybridized carbons (Fsp3) is 0.444. The molecule has 0 saturated carbocycles. The Morgan fingerprint density at radius 1 is 1.04 bits per heavy atom. The lowest BCUT2D eigenvalue weighted by molar-refractivity contribution is -0.144. The molecule has 9 nitrogen and oxygen atoms in total. The van der Waals surface area contributed by atoms with Crippen molar-refractivity contribution in [2.45, 2.75) is 19.8 Å². The van der Waals surface area contributed by atoms with Crippen molar-refractivity contribution in [3.63, 3.8) is 0 Å². The highest BCUT2D eigenvalue weighted by atomic mass is 16.5. The van der Waals surface area contributed by atoms with E-state index in [2.05, 4.69) is 5.32 Å². The number of carbonyl (C=O) groups is 4. The number of hydrogen-bond acceptors (Lipinski definition) is 6. The second-order valence-corrected chi connectivity index (χ2v) is 5.92. The summed E-state index contributed by atoms with van der Waals surface area (Å²) in [4.78, 5) is 49.3. The lowest BCUT2D eigenvalue weighted by Gasteiger charge is -2.14. The van der Waals surface area contributed by atoms with Gasteiger partial charge in [-0.2, -0.15) is 0 Å². The minimum atomic E-state index is -0.969.